The Morgan fingerprint density at radius 2 is 1.53 bits per heavy atom. The van der Waals surface area contributed by atoms with Gasteiger partial charge in [0, 0.05) is 15.7 Å². The maximum Gasteiger partial charge on any atom is 1.00 e. The first-order chi connectivity index (χ1) is 14.5. The molecule has 0 aromatic heterocycles. The van der Waals surface area contributed by atoms with E-state index >= 15 is 0 Å². The SMILES string of the molecule is O=S(=O)(O)c1cc(Cl)ccc1Oc1ccc(Cl)cc1N=C([O-])Nc1ccc(Cl)c(Cl)c1.[Na+]. The van der Waals surface area contributed by atoms with Crippen LogP contribution >= 0.6 is 46.4 Å². The molecule has 0 spiro atoms. The van der Waals surface area contributed by atoms with Crippen LogP contribution in [0.1, 0.15) is 0 Å². The van der Waals surface area contributed by atoms with Crippen LogP contribution in [0.15, 0.2) is 64.5 Å². The molecule has 3 rings (SSSR count). The predicted molar refractivity (Wildman–Crippen MR) is 120 cm³/mol. The molecule has 0 fully saturated rings. The van der Waals surface area contributed by atoms with Gasteiger partial charge in [0.15, 0.2) is 5.75 Å². The minimum absolute atomic E-state index is 0. The molecule has 0 atom stereocenters. The average Bonchev–Trinajstić information content (AvgIpc) is 2.67. The number of halogens is 4. The fourth-order valence-corrected chi connectivity index (χ4v) is 3.73. The summed E-state index contributed by atoms with van der Waals surface area (Å²) in [6, 6.07) is 11.5. The van der Waals surface area contributed by atoms with Crippen molar-refractivity contribution >= 4 is 73.9 Å². The number of hydrogen-bond donors (Lipinski definition) is 2. The van der Waals surface area contributed by atoms with Gasteiger partial charge in [-0.15, -0.1) is 0 Å². The first-order valence-corrected chi connectivity index (χ1v) is 11.2. The molecule has 7 nitrogen and oxygen atoms in total. The summed E-state index contributed by atoms with van der Waals surface area (Å²) in [7, 11) is -4.64. The minimum Gasteiger partial charge on any atom is -0.846 e. The Morgan fingerprint density at radius 1 is 0.906 bits per heavy atom. The number of nitrogens with zero attached hydrogens (tertiary/aromatic N) is 1. The summed E-state index contributed by atoms with van der Waals surface area (Å²) in [5, 5.41) is 15.8. The fraction of sp³-hybridized carbons (Fsp3) is 0. The van der Waals surface area contributed by atoms with Gasteiger partial charge in [-0.05, 0) is 54.6 Å². The molecule has 0 bridgehead atoms. The Balaban J connectivity index is 0.00000363. The summed E-state index contributed by atoms with van der Waals surface area (Å²) in [5.41, 5.74) is 0.348. The van der Waals surface area contributed by atoms with Crippen molar-refractivity contribution in [1.29, 1.82) is 0 Å². The maximum atomic E-state index is 12.4. The van der Waals surface area contributed by atoms with E-state index in [-0.39, 0.29) is 61.8 Å². The molecular formula is C19H11Cl4N2NaO5S. The Morgan fingerprint density at radius 3 is 2.16 bits per heavy atom. The van der Waals surface area contributed by atoms with E-state index in [0.717, 1.165) is 6.07 Å². The molecule has 0 aliphatic carbocycles. The van der Waals surface area contributed by atoms with Crippen LogP contribution in [0, 0.1) is 0 Å². The number of aliphatic imine (C=N–C) groups is 1. The van der Waals surface area contributed by atoms with Gasteiger partial charge in [-0.25, -0.2) is 4.99 Å². The number of benzene rings is 3. The molecule has 32 heavy (non-hydrogen) atoms. The van der Waals surface area contributed by atoms with E-state index in [4.69, 9.17) is 51.1 Å². The van der Waals surface area contributed by atoms with E-state index in [1.165, 1.54) is 48.5 Å². The van der Waals surface area contributed by atoms with E-state index in [1.807, 2.05) is 0 Å². The third kappa shape index (κ3) is 7.15. The van der Waals surface area contributed by atoms with Gasteiger partial charge >= 0.3 is 29.6 Å². The quantitative estimate of drug-likeness (QED) is 0.221. The topological polar surface area (TPSA) is 111 Å². The second kappa shape index (κ2) is 11.3. The summed E-state index contributed by atoms with van der Waals surface area (Å²) >= 11 is 23.6. The first-order valence-electron chi connectivity index (χ1n) is 8.25. The van der Waals surface area contributed by atoms with E-state index < -0.39 is 21.0 Å². The average molecular weight is 544 g/mol. The summed E-state index contributed by atoms with van der Waals surface area (Å²) in [4.78, 5) is 3.34. The van der Waals surface area contributed by atoms with Crippen LogP contribution in [0.3, 0.4) is 0 Å². The molecular weight excluding hydrogens is 533 g/mol. The van der Waals surface area contributed by atoms with Crippen molar-refractivity contribution in [2.75, 3.05) is 5.32 Å². The largest absolute Gasteiger partial charge is 1.00 e. The van der Waals surface area contributed by atoms with Crippen molar-refractivity contribution in [1.82, 2.24) is 0 Å². The summed E-state index contributed by atoms with van der Waals surface area (Å²) in [5.74, 6) is -0.225. The number of anilines is 1. The van der Waals surface area contributed by atoms with Crippen molar-refractivity contribution in [3.63, 3.8) is 0 Å². The van der Waals surface area contributed by atoms with Gasteiger partial charge in [0.2, 0.25) is 0 Å². The third-order valence-electron chi connectivity index (χ3n) is 3.72. The number of rotatable bonds is 5. The number of amidine groups is 1. The Hall–Kier alpha value is -1.20. The summed E-state index contributed by atoms with van der Waals surface area (Å²) in [6.45, 7) is 0. The number of nitrogens with one attached hydrogen (secondary N) is 1. The monoisotopic (exact) mass is 542 g/mol. The van der Waals surface area contributed by atoms with E-state index in [9.17, 15) is 18.1 Å². The normalized spacial score (nSPS) is 11.6. The molecule has 0 heterocycles. The molecule has 0 unspecified atom stereocenters. The van der Waals surface area contributed by atoms with E-state index in [2.05, 4.69) is 10.3 Å². The van der Waals surface area contributed by atoms with E-state index in [1.54, 1.807) is 0 Å². The molecule has 162 valence electrons. The molecule has 0 amide bonds. The molecule has 3 aromatic carbocycles. The van der Waals surface area contributed by atoms with Crippen LogP contribution in [0.4, 0.5) is 11.4 Å². The fourth-order valence-electron chi connectivity index (χ4n) is 2.39. The second-order valence-corrected chi connectivity index (χ2v) is 9.03. The standard InChI is InChI=1S/C19H12Cl4N2O5S.Na/c20-10-1-5-16(30-17-6-2-11(21)8-18(17)31(27,28)29)15(7-10)25-19(26)24-12-3-4-13(22)14(23)9-12;/h1-9H,(H2,24,25,26)(H,27,28,29);/q;+1/p-1. The molecule has 0 saturated carbocycles. The smallest absolute Gasteiger partial charge is 0.846 e. The van der Waals surface area contributed by atoms with Crippen LogP contribution in [-0.4, -0.2) is 19.0 Å². The molecule has 0 saturated heterocycles. The maximum absolute atomic E-state index is 12.4. The van der Waals surface area contributed by atoms with Crippen LogP contribution in [0.5, 0.6) is 11.5 Å². The molecule has 0 radical (unpaired) electrons. The van der Waals surface area contributed by atoms with Gasteiger partial charge in [-0.3, -0.25) is 4.55 Å². The van der Waals surface area contributed by atoms with Crippen LogP contribution in [0.2, 0.25) is 20.1 Å². The zero-order chi connectivity index (χ0) is 22.8. The number of ether oxygens (including phenoxy) is 1. The van der Waals surface area contributed by atoms with Gasteiger partial charge in [-0.2, -0.15) is 8.42 Å². The van der Waals surface area contributed by atoms with Gasteiger partial charge < -0.3 is 15.2 Å². The predicted octanol–water partition coefficient (Wildman–Crippen LogP) is 2.80. The van der Waals surface area contributed by atoms with Crippen molar-refractivity contribution in [2.45, 2.75) is 4.90 Å². The van der Waals surface area contributed by atoms with Gasteiger partial charge in [0.25, 0.3) is 10.1 Å². The number of hydrogen-bond acceptors (Lipinski definition) is 5. The summed E-state index contributed by atoms with van der Waals surface area (Å²) < 4.78 is 38.3. The van der Waals surface area contributed by atoms with Gasteiger partial charge in [-0.1, -0.05) is 46.4 Å². The van der Waals surface area contributed by atoms with Crippen molar-refractivity contribution in [3.8, 4) is 11.5 Å². The van der Waals surface area contributed by atoms with Crippen molar-refractivity contribution in [2.24, 2.45) is 4.99 Å². The Labute approximate surface area is 226 Å². The molecule has 0 aliphatic rings. The van der Waals surface area contributed by atoms with Crippen LogP contribution in [0.25, 0.3) is 0 Å². The van der Waals surface area contributed by atoms with Gasteiger partial charge in [0.05, 0.1) is 16.1 Å². The van der Waals surface area contributed by atoms with Crippen molar-refractivity contribution < 1.29 is 52.4 Å². The Kier molecular flexibility index (Phi) is 9.54. The Bertz CT molecular complexity index is 1290. The molecule has 0 aliphatic heterocycles. The van der Waals surface area contributed by atoms with E-state index in [0.29, 0.717) is 10.7 Å². The van der Waals surface area contributed by atoms with Gasteiger partial charge in [0.1, 0.15) is 16.3 Å². The van der Waals surface area contributed by atoms with Crippen LogP contribution in [-0.2, 0) is 10.1 Å². The second-order valence-electron chi connectivity index (χ2n) is 5.95. The summed E-state index contributed by atoms with van der Waals surface area (Å²) in [6.07, 6.45) is 0. The minimum atomic E-state index is -4.64. The zero-order valence-corrected chi connectivity index (χ0v) is 22.0. The zero-order valence-electron chi connectivity index (χ0n) is 16.1. The molecule has 2 N–H and O–H groups in total. The van der Waals surface area contributed by atoms with Crippen LogP contribution < -0.4 is 44.7 Å². The first kappa shape index (κ1) is 27.0. The molecule has 3 aromatic rings. The van der Waals surface area contributed by atoms with Crippen molar-refractivity contribution in [3.05, 3.63) is 74.7 Å². The third-order valence-corrected chi connectivity index (χ3v) is 5.80. The molecule has 13 heteroatoms.